The lowest BCUT2D eigenvalue weighted by atomic mass is 10.0. The van der Waals surface area contributed by atoms with Crippen molar-refractivity contribution < 1.29 is 22.5 Å². The summed E-state index contributed by atoms with van der Waals surface area (Å²) in [5, 5.41) is 0. The van der Waals surface area contributed by atoms with Gasteiger partial charge in [-0.05, 0) is 48.9 Å². The van der Waals surface area contributed by atoms with Gasteiger partial charge in [0.1, 0.15) is 10.1 Å². The molecule has 0 fully saturated rings. The molecular weight excluding hydrogens is 448 g/mol. The van der Waals surface area contributed by atoms with Crippen molar-refractivity contribution in [1.29, 1.82) is 0 Å². The maximum absolute atomic E-state index is 10.4. The van der Waals surface area contributed by atoms with Crippen LogP contribution in [0.2, 0.25) is 0 Å². The van der Waals surface area contributed by atoms with Crippen LogP contribution in [0.25, 0.3) is 16.0 Å². The number of hydrogen-bond donors (Lipinski definition) is 0. The monoisotopic (exact) mass is 480 g/mol. The molecule has 2 aromatic carbocycles. The van der Waals surface area contributed by atoms with E-state index in [0.717, 1.165) is 29.7 Å². The van der Waals surface area contributed by atoms with E-state index in [1.807, 2.05) is 55.7 Å². The average Bonchev–Trinajstić information content (AvgIpc) is 2.85. The highest BCUT2D eigenvalue weighted by atomic mass is 32.2. The van der Waals surface area contributed by atoms with Crippen molar-refractivity contribution in [2.24, 2.45) is 5.92 Å². The number of unbranched alkanes of at least 4 members (excludes halogenated alkanes) is 1. The fraction of sp³-hybridized carbons (Fsp3) is 0.333. The first-order valence-corrected chi connectivity index (χ1v) is 12.8. The summed E-state index contributed by atoms with van der Waals surface area (Å²) in [6.45, 7) is 14.0. The largest absolute Gasteiger partial charge is 0.744 e. The molecule has 180 valence electrons. The highest BCUT2D eigenvalue weighted by Gasteiger charge is 2.11. The van der Waals surface area contributed by atoms with Crippen LogP contribution in [0.1, 0.15) is 45.1 Å². The van der Waals surface area contributed by atoms with E-state index in [-0.39, 0.29) is 4.90 Å². The molecule has 0 amide bonds. The van der Waals surface area contributed by atoms with Crippen molar-refractivity contribution in [3.8, 4) is 11.1 Å². The number of benzene rings is 2. The summed E-state index contributed by atoms with van der Waals surface area (Å²) in [7, 11) is -4.27. The van der Waals surface area contributed by atoms with Gasteiger partial charge in [0.15, 0.2) is 12.3 Å². The first-order chi connectivity index (χ1) is 16.3. The first kappa shape index (κ1) is 27.0. The zero-order valence-corrected chi connectivity index (χ0v) is 20.8. The van der Waals surface area contributed by atoms with Gasteiger partial charge in [-0.2, -0.15) is 0 Å². The Bertz CT molecular complexity index is 1150. The Morgan fingerprint density at radius 2 is 1.56 bits per heavy atom. The van der Waals surface area contributed by atoms with Crippen molar-refractivity contribution in [1.82, 2.24) is 0 Å². The second-order valence-corrected chi connectivity index (χ2v) is 9.46. The van der Waals surface area contributed by atoms with Crippen molar-refractivity contribution in [2.75, 3.05) is 6.61 Å². The minimum Gasteiger partial charge on any atom is -0.744 e. The van der Waals surface area contributed by atoms with Crippen LogP contribution in [0.3, 0.4) is 0 Å². The fourth-order valence-electron chi connectivity index (χ4n) is 3.21. The van der Waals surface area contributed by atoms with Crippen molar-refractivity contribution in [2.45, 2.75) is 51.3 Å². The number of aryl methyl sites for hydroxylation is 1. The second-order valence-electron chi connectivity index (χ2n) is 8.08. The van der Waals surface area contributed by atoms with E-state index in [2.05, 4.69) is 18.7 Å². The molecule has 1 unspecified atom stereocenters. The molecule has 0 aliphatic rings. The van der Waals surface area contributed by atoms with E-state index in [0.29, 0.717) is 11.6 Å². The molecule has 0 N–H and O–H groups in total. The van der Waals surface area contributed by atoms with Crippen molar-refractivity contribution in [3.63, 3.8) is 0 Å². The molecule has 0 radical (unpaired) electrons. The number of rotatable bonds is 9. The Balaban J connectivity index is 0.000000310. The van der Waals surface area contributed by atoms with Gasteiger partial charge in [0.05, 0.1) is 11.5 Å². The average molecular weight is 481 g/mol. The van der Waals surface area contributed by atoms with Crippen LogP contribution in [-0.4, -0.2) is 19.6 Å². The van der Waals surface area contributed by atoms with Crippen LogP contribution in [0.15, 0.2) is 78.0 Å². The summed E-state index contributed by atoms with van der Waals surface area (Å²) < 4.78 is 32.9. The summed E-state index contributed by atoms with van der Waals surface area (Å²) >= 11 is 0. The summed E-state index contributed by atoms with van der Waals surface area (Å²) in [4.78, 5) is 9.10. The Labute approximate surface area is 203 Å². The quantitative estimate of drug-likeness (QED) is 0.222. The Kier molecular flexibility index (Phi) is 10.7. The van der Waals surface area contributed by atoms with E-state index in [9.17, 15) is 13.0 Å². The molecule has 0 bridgehead atoms. The molecule has 3 aromatic rings. The van der Waals surface area contributed by atoms with Crippen molar-refractivity contribution >= 4 is 15.8 Å². The predicted octanol–water partition coefficient (Wildman–Crippen LogP) is 5.74. The maximum Gasteiger partial charge on any atom is 0.223 e. The third-order valence-electron chi connectivity index (χ3n) is 5.44. The van der Waals surface area contributed by atoms with Gasteiger partial charge >= 0.3 is 0 Å². The van der Waals surface area contributed by atoms with Gasteiger partial charge in [-0.3, -0.25) is 4.84 Å². The van der Waals surface area contributed by atoms with E-state index in [4.69, 9.17) is 11.4 Å². The lowest BCUT2D eigenvalue weighted by Gasteiger charge is -2.11. The minimum absolute atomic E-state index is 0.178. The van der Waals surface area contributed by atoms with Gasteiger partial charge in [0.2, 0.25) is 12.4 Å². The molecule has 0 spiro atoms. The Hall–Kier alpha value is -3.21. The number of pyridine rings is 1. The summed E-state index contributed by atoms with van der Waals surface area (Å²) in [5.41, 5.74) is 3.83. The zero-order valence-electron chi connectivity index (χ0n) is 20.0. The van der Waals surface area contributed by atoms with E-state index in [1.165, 1.54) is 31.4 Å². The van der Waals surface area contributed by atoms with Crippen LogP contribution < -0.4 is 9.57 Å². The molecule has 1 aromatic heterocycles. The van der Waals surface area contributed by atoms with Crippen LogP contribution in [0.5, 0.6) is 0 Å². The number of aromatic nitrogens is 1. The first-order valence-electron chi connectivity index (χ1n) is 11.4. The minimum atomic E-state index is -4.27. The van der Waals surface area contributed by atoms with Gasteiger partial charge in [-0.15, -0.1) is 0 Å². The Morgan fingerprint density at radius 1 is 0.971 bits per heavy atom. The number of hydrogen-bond acceptors (Lipinski definition) is 4. The molecule has 0 saturated carbocycles. The lowest BCUT2D eigenvalue weighted by Crippen LogP contribution is -2.43. The molecule has 0 aliphatic carbocycles. The fourth-order valence-corrected chi connectivity index (χ4v) is 3.68. The molecule has 7 heteroatoms. The standard InChI is InChI=1S/C20H25N2O.C7H8O3S/c1-4-6-7-17(5-2)16-23-22-14-12-19(13-15-22)18-8-10-20(21-3)11-9-18;1-6-2-4-7(5-3-6)11(8,9)10/h8-15,17H,4-7,16H2,1-2H3;2-5H,1H3,(H,8,9,10)/q+1;/p-1. The molecule has 34 heavy (non-hydrogen) atoms. The molecule has 1 heterocycles. The third-order valence-corrected chi connectivity index (χ3v) is 6.29. The van der Waals surface area contributed by atoms with Crippen LogP contribution in [0, 0.1) is 19.4 Å². The van der Waals surface area contributed by atoms with Crippen LogP contribution >= 0.6 is 0 Å². The van der Waals surface area contributed by atoms with Gasteiger partial charge < -0.3 is 4.55 Å². The molecule has 0 saturated heterocycles. The highest BCUT2D eigenvalue weighted by molar-refractivity contribution is 7.85. The topological polar surface area (TPSA) is 74.7 Å². The van der Waals surface area contributed by atoms with Crippen LogP contribution in [-0.2, 0) is 10.1 Å². The summed E-state index contributed by atoms with van der Waals surface area (Å²) in [5.74, 6) is 0.628. The van der Waals surface area contributed by atoms with E-state index < -0.39 is 10.1 Å². The predicted molar refractivity (Wildman–Crippen MR) is 132 cm³/mol. The van der Waals surface area contributed by atoms with Crippen molar-refractivity contribution in [3.05, 3.63) is 90.0 Å². The van der Waals surface area contributed by atoms with Gasteiger partial charge in [-0.25, -0.2) is 13.3 Å². The van der Waals surface area contributed by atoms with Gasteiger partial charge in [-0.1, -0.05) is 68.7 Å². The van der Waals surface area contributed by atoms with E-state index in [1.54, 1.807) is 16.9 Å². The van der Waals surface area contributed by atoms with Gasteiger partial charge in [0, 0.05) is 16.9 Å². The smallest absolute Gasteiger partial charge is 0.223 e. The third kappa shape index (κ3) is 8.97. The van der Waals surface area contributed by atoms with Crippen LogP contribution in [0.4, 0.5) is 5.69 Å². The molecular formula is C27H32N2O4S. The molecule has 1 atom stereocenters. The summed E-state index contributed by atoms with van der Waals surface area (Å²) in [6, 6.07) is 17.5. The zero-order chi connectivity index (χ0) is 25.0. The molecule has 3 rings (SSSR count). The highest BCUT2D eigenvalue weighted by Crippen LogP contribution is 2.21. The molecule has 6 nitrogen and oxygen atoms in total. The number of nitrogens with zero attached hydrogens (tertiary/aromatic N) is 2. The Morgan fingerprint density at radius 3 is 2.06 bits per heavy atom. The summed E-state index contributed by atoms with van der Waals surface area (Å²) in [6.07, 6.45) is 8.80. The maximum atomic E-state index is 10.4. The van der Waals surface area contributed by atoms with Gasteiger partial charge in [0.25, 0.3) is 0 Å². The normalized spacial score (nSPS) is 11.6. The molecule has 0 aliphatic heterocycles. The van der Waals surface area contributed by atoms with E-state index >= 15 is 0 Å². The second kappa shape index (κ2) is 13.5. The lowest BCUT2D eigenvalue weighted by molar-refractivity contribution is -0.892. The SMILES string of the molecule is Cc1ccc(S(=O)(=O)[O-])cc1.[C-]#[N+]c1ccc(-c2cc[n+](OCC(CC)CCCC)cc2)cc1.